The van der Waals surface area contributed by atoms with Gasteiger partial charge >= 0.3 is 15.6 Å². The summed E-state index contributed by atoms with van der Waals surface area (Å²) in [7, 11) is -12.1. The van der Waals surface area contributed by atoms with Crippen molar-refractivity contribution in [2.45, 2.75) is 95.7 Å². The van der Waals surface area contributed by atoms with E-state index in [-0.39, 0.29) is 59.5 Å². The molecule has 0 saturated carbocycles. The van der Waals surface area contributed by atoms with Crippen LogP contribution >= 0.6 is 15.6 Å². The van der Waals surface area contributed by atoms with Gasteiger partial charge in [0.2, 0.25) is 0 Å². The first kappa shape index (κ1) is 46.0. The van der Waals surface area contributed by atoms with Crippen LogP contribution in [0.15, 0.2) is 54.1 Å². The lowest BCUT2D eigenvalue weighted by atomic mass is 10.0. The molecule has 26 heteroatoms. The van der Waals surface area contributed by atoms with Gasteiger partial charge in [-0.3, -0.25) is 36.8 Å². The van der Waals surface area contributed by atoms with Crippen LogP contribution in [0.25, 0.3) is 22.3 Å². The summed E-state index contributed by atoms with van der Waals surface area (Å²) in [5.74, 6) is -0.656. The SMILES string of the molecule is Cc1nc2c(ncn2[C@@H]2O[C@@H]3COP(=O)(O)O[C@@H]4C(C)[C@H](n5cnc6c(NC(=O)c7ccccc7)ncnc65)O[C@@H]4COP(=O)(N4CCOCC4)OC2[C@H]3O[Si](C)(C)C(C)(C)C)c(=O)[nH]1. The standard InChI is InChI=1S/C39H52N10O13P2Si/c1-22-29-25(58-37(22)48-20-42-27-32(40-19-41-33(27)48)46-35(50)24-11-9-8-10-12-24)17-56-63(52,47-13-15-55-16-14-47)60-31-30(62-65(6,7)39(3,4)5)26(18-57-64(53,54)61-29)59-38(31)49-21-43-28-34(49)44-23(2)45-36(28)51/h8-12,19-22,25-26,29-31,37-38H,13-18H2,1-7H3,(H,53,54)(H,44,45,51)(H,40,41,46,50)/t22?,25-,26-,29-,30+,31?,37-,38-,63?/m1/s1. The van der Waals surface area contributed by atoms with E-state index in [2.05, 4.69) is 35.2 Å². The van der Waals surface area contributed by atoms with Crippen LogP contribution in [0.2, 0.25) is 18.1 Å². The molecule has 0 spiro atoms. The van der Waals surface area contributed by atoms with Gasteiger partial charge in [0, 0.05) is 24.6 Å². The number of phosphoric ester groups is 1. The van der Waals surface area contributed by atoms with Crippen molar-refractivity contribution in [3.63, 3.8) is 0 Å². The van der Waals surface area contributed by atoms with Crippen molar-refractivity contribution in [1.29, 1.82) is 0 Å². The molecular formula is C39H52N10O13P2Si. The third-order valence-corrected chi connectivity index (χ3v) is 20.1. The zero-order valence-corrected chi connectivity index (χ0v) is 39.6. The number of amides is 1. The van der Waals surface area contributed by atoms with E-state index in [4.69, 9.17) is 36.7 Å². The van der Waals surface area contributed by atoms with Gasteiger partial charge < -0.3 is 33.8 Å². The van der Waals surface area contributed by atoms with E-state index < -0.39 is 97.5 Å². The summed E-state index contributed by atoms with van der Waals surface area (Å²) in [6.45, 7) is 13.3. The highest BCUT2D eigenvalue weighted by molar-refractivity contribution is 7.51. The smallest absolute Gasteiger partial charge is 0.408 e. The number of nitrogens with one attached hydrogen (secondary N) is 2. The second-order valence-corrected chi connectivity index (χ2v) is 26.0. The number of morpholine rings is 1. The molecule has 10 atom stereocenters. The van der Waals surface area contributed by atoms with Crippen LogP contribution in [0.4, 0.5) is 5.82 Å². The predicted molar refractivity (Wildman–Crippen MR) is 233 cm³/mol. The molecule has 4 saturated heterocycles. The number of anilines is 1. The van der Waals surface area contributed by atoms with Crippen molar-refractivity contribution in [1.82, 2.24) is 43.7 Å². The Kier molecular flexibility index (Phi) is 12.4. The van der Waals surface area contributed by atoms with Gasteiger partial charge in [0.15, 0.2) is 42.7 Å². The number of hydrogen-bond acceptors (Lipinski definition) is 17. The molecule has 4 unspecified atom stereocenters. The highest BCUT2D eigenvalue weighted by atomic mass is 31.2. The number of carbonyl (C=O) groups excluding carboxylic acids is 1. The van der Waals surface area contributed by atoms with E-state index >= 15 is 4.57 Å². The normalized spacial score (nSPS) is 31.9. The van der Waals surface area contributed by atoms with E-state index in [1.54, 1.807) is 53.4 Å². The van der Waals surface area contributed by atoms with E-state index in [1.807, 2.05) is 33.9 Å². The van der Waals surface area contributed by atoms with Crippen LogP contribution in [0.1, 0.15) is 56.3 Å². The Bertz CT molecular complexity index is 2730. The van der Waals surface area contributed by atoms with E-state index in [0.29, 0.717) is 11.4 Å². The summed E-state index contributed by atoms with van der Waals surface area (Å²) < 4.78 is 85.5. The Morgan fingerprint density at radius 3 is 2.31 bits per heavy atom. The lowest BCUT2D eigenvalue weighted by Crippen LogP contribution is -2.50. The first-order valence-electron chi connectivity index (χ1n) is 21.2. The summed E-state index contributed by atoms with van der Waals surface area (Å²) in [6, 6.07) is 8.62. The number of rotatable bonds is 7. The van der Waals surface area contributed by atoms with Crippen LogP contribution in [0.5, 0.6) is 0 Å². The number of phosphoric acid groups is 1. The number of fused-ring (bicyclic) bond motifs is 5. The minimum atomic E-state index is -4.97. The molecule has 350 valence electrons. The van der Waals surface area contributed by atoms with Crippen molar-refractivity contribution in [2.75, 3.05) is 44.8 Å². The fourth-order valence-electron chi connectivity index (χ4n) is 8.11. The van der Waals surface area contributed by atoms with E-state index in [1.165, 1.54) is 23.5 Å². The number of carbonyl (C=O) groups is 1. The Labute approximate surface area is 373 Å². The van der Waals surface area contributed by atoms with Crippen molar-refractivity contribution >= 4 is 57.9 Å². The van der Waals surface area contributed by atoms with E-state index in [0.717, 1.165) is 0 Å². The molecule has 0 aliphatic carbocycles. The van der Waals surface area contributed by atoms with Gasteiger partial charge in [-0.15, -0.1) is 0 Å². The first-order valence-corrected chi connectivity index (χ1v) is 27.1. The number of aromatic amines is 1. The molecule has 23 nitrogen and oxygen atoms in total. The summed E-state index contributed by atoms with van der Waals surface area (Å²) >= 11 is 0. The Hall–Kier alpha value is -4.13. The monoisotopic (exact) mass is 958 g/mol. The highest BCUT2D eigenvalue weighted by Crippen LogP contribution is 2.59. The molecule has 0 radical (unpaired) electrons. The average molecular weight is 959 g/mol. The zero-order chi connectivity index (χ0) is 46.1. The predicted octanol–water partition coefficient (Wildman–Crippen LogP) is 4.70. The lowest BCUT2D eigenvalue weighted by Gasteiger charge is -2.41. The van der Waals surface area contributed by atoms with Crippen LogP contribution in [-0.2, 0) is 45.9 Å². The molecule has 9 rings (SSSR count). The van der Waals surface area contributed by atoms with E-state index in [9.17, 15) is 19.0 Å². The number of H-pyrrole nitrogens is 1. The molecular weight excluding hydrogens is 907 g/mol. The van der Waals surface area contributed by atoms with Crippen molar-refractivity contribution in [3.8, 4) is 0 Å². The molecule has 4 aromatic heterocycles. The maximum absolute atomic E-state index is 15.7. The summed E-state index contributed by atoms with van der Waals surface area (Å²) in [5.41, 5.74) is 0.648. The minimum Gasteiger partial charge on any atom is -0.408 e. The quantitative estimate of drug-likeness (QED) is 0.147. The van der Waals surface area contributed by atoms with Gasteiger partial charge in [-0.2, -0.15) is 0 Å². The molecule has 5 aromatic rings. The number of aryl methyl sites for hydroxylation is 1. The molecule has 8 heterocycles. The third-order valence-electron chi connectivity index (χ3n) is 12.5. The van der Waals surface area contributed by atoms with Gasteiger partial charge in [0.1, 0.15) is 48.9 Å². The average Bonchev–Trinajstić information content (AvgIpc) is 4.03. The maximum Gasteiger partial charge on any atom is 0.472 e. The number of imidazole rings is 2. The van der Waals surface area contributed by atoms with Gasteiger partial charge in [-0.05, 0) is 37.2 Å². The Morgan fingerprint density at radius 1 is 0.908 bits per heavy atom. The second kappa shape index (κ2) is 17.5. The summed E-state index contributed by atoms with van der Waals surface area (Å²) in [6.07, 6.45) is -3.86. The first-order chi connectivity index (χ1) is 30.8. The zero-order valence-electron chi connectivity index (χ0n) is 36.8. The molecule has 1 aromatic carbocycles. The topological polar surface area (TPSA) is 268 Å². The molecule has 65 heavy (non-hydrogen) atoms. The highest BCUT2D eigenvalue weighted by Gasteiger charge is 2.57. The van der Waals surface area contributed by atoms with Gasteiger partial charge in [-0.1, -0.05) is 45.9 Å². The Morgan fingerprint density at radius 2 is 1.58 bits per heavy atom. The lowest BCUT2D eigenvalue weighted by molar-refractivity contribution is -0.0674. The molecule has 3 N–H and O–H groups in total. The van der Waals surface area contributed by atoms with Crippen molar-refractivity contribution < 1.29 is 55.5 Å². The van der Waals surface area contributed by atoms with Crippen molar-refractivity contribution in [2.24, 2.45) is 5.92 Å². The minimum absolute atomic E-state index is 0.0215. The number of ether oxygens (including phenoxy) is 3. The summed E-state index contributed by atoms with van der Waals surface area (Å²) in [4.78, 5) is 62.3. The van der Waals surface area contributed by atoms with Crippen LogP contribution in [0, 0.1) is 12.8 Å². The fourth-order valence-corrected chi connectivity index (χ4v) is 12.3. The number of nitrogens with zero attached hydrogens (tertiary/aromatic N) is 8. The number of benzene rings is 1. The van der Waals surface area contributed by atoms with Crippen LogP contribution < -0.4 is 10.9 Å². The fraction of sp³-hybridized carbons (Fsp3) is 0.564. The second-order valence-electron chi connectivity index (χ2n) is 17.9. The largest absolute Gasteiger partial charge is 0.472 e. The molecule has 4 fully saturated rings. The molecule has 1 amide bonds. The van der Waals surface area contributed by atoms with Gasteiger partial charge in [-0.25, -0.2) is 38.7 Å². The molecule has 4 aliphatic rings. The summed E-state index contributed by atoms with van der Waals surface area (Å²) in [5, 5.41) is 2.44. The number of hydrogen-bond donors (Lipinski definition) is 3. The van der Waals surface area contributed by atoms with Crippen molar-refractivity contribution in [3.05, 3.63) is 71.1 Å². The third kappa shape index (κ3) is 8.93. The van der Waals surface area contributed by atoms with Gasteiger partial charge in [0.05, 0.1) is 39.1 Å². The van der Waals surface area contributed by atoms with Gasteiger partial charge in [0.25, 0.3) is 11.5 Å². The maximum atomic E-state index is 15.7. The number of aromatic nitrogens is 8. The van der Waals surface area contributed by atoms with Crippen LogP contribution in [0.3, 0.4) is 0 Å². The Balaban J connectivity index is 1.09. The molecule has 2 bridgehead atoms. The van der Waals surface area contributed by atoms with Crippen LogP contribution in [-0.4, -0.2) is 133 Å². The molecule has 4 aliphatic heterocycles.